The average Bonchev–Trinajstić information content (AvgIpc) is 2.98. The molecule has 0 unspecified atom stereocenters. The number of hydrogen-bond donors (Lipinski definition) is 1. The predicted molar refractivity (Wildman–Crippen MR) is 142 cm³/mol. The van der Waals surface area contributed by atoms with Crippen LogP contribution >= 0.6 is 0 Å². The van der Waals surface area contributed by atoms with Crippen LogP contribution in [0.3, 0.4) is 0 Å². The molecule has 1 atom stereocenters. The summed E-state index contributed by atoms with van der Waals surface area (Å²) in [6, 6.07) is 27.9. The third-order valence-corrected chi connectivity index (χ3v) is 7.94. The minimum atomic E-state index is -1.56. The van der Waals surface area contributed by atoms with E-state index in [0.29, 0.717) is 39.7 Å². The Kier molecular flexibility index (Phi) is 6.53. The SMILES string of the molecule is Cc1ccc(CNC(=O)c2ccc3c(c2)N(Cc2ccccc2C)C(=O)c2ccccc2[S@@]3=O)cc1. The van der Waals surface area contributed by atoms with E-state index in [9.17, 15) is 13.8 Å². The topological polar surface area (TPSA) is 66.5 Å². The summed E-state index contributed by atoms with van der Waals surface area (Å²) in [6.45, 7) is 4.71. The van der Waals surface area contributed by atoms with Crippen molar-refractivity contribution in [2.24, 2.45) is 0 Å². The van der Waals surface area contributed by atoms with Gasteiger partial charge in [-0.15, -0.1) is 0 Å². The molecule has 36 heavy (non-hydrogen) atoms. The minimum absolute atomic E-state index is 0.238. The number of fused-ring (bicyclic) bond motifs is 2. The number of carbonyl (C=O) groups is 2. The Morgan fingerprint density at radius 2 is 1.58 bits per heavy atom. The molecule has 1 aliphatic rings. The lowest BCUT2D eigenvalue weighted by Gasteiger charge is -2.24. The maximum atomic E-state index is 13.8. The first-order valence-electron chi connectivity index (χ1n) is 11.8. The fourth-order valence-electron chi connectivity index (χ4n) is 4.31. The summed E-state index contributed by atoms with van der Waals surface area (Å²) in [7, 11) is -1.56. The van der Waals surface area contributed by atoms with E-state index in [1.807, 2.05) is 62.4 Å². The third-order valence-electron chi connectivity index (χ3n) is 6.44. The highest BCUT2D eigenvalue weighted by atomic mass is 32.2. The van der Waals surface area contributed by atoms with Crippen molar-refractivity contribution in [1.29, 1.82) is 0 Å². The number of rotatable bonds is 5. The van der Waals surface area contributed by atoms with Crippen molar-refractivity contribution >= 4 is 28.3 Å². The fourth-order valence-corrected chi connectivity index (χ4v) is 5.65. The minimum Gasteiger partial charge on any atom is -0.348 e. The van der Waals surface area contributed by atoms with E-state index in [0.717, 1.165) is 22.3 Å². The predicted octanol–water partition coefficient (Wildman–Crippen LogP) is 5.56. The van der Waals surface area contributed by atoms with Gasteiger partial charge in [0.2, 0.25) is 0 Å². The van der Waals surface area contributed by atoms with Crippen LogP contribution in [0.5, 0.6) is 0 Å². The molecule has 0 saturated carbocycles. The van der Waals surface area contributed by atoms with Gasteiger partial charge in [0.05, 0.1) is 38.4 Å². The normalized spacial score (nSPS) is 14.6. The molecule has 1 heterocycles. The molecule has 0 fully saturated rings. The summed E-state index contributed by atoms with van der Waals surface area (Å²) in [6.07, 6.45) is 0. The Labute approximate surface area is 213 Å². The monoisotopic (exact) mass is 494 g/mol. The summed E-state index contributed by atoms with van der Waals surface area (Å²) in [5.41, 5.74) is 5.49. The van der Waals surface area contributed by atoms with Crippen molar-refractivity contribution in [3.05, 3.63) is 124 Å². The van der Waals surface area contributed by atoms with Gasteiger partial charge in [-0.1, -0.05) is 66.2 Å². The summed E-state index contributed by atoms with van der Waals surface area (Å²) in [5.74, 6) is -0.493. The first-order chi connectivity index (χ1) is 17.4. The standard InChI is InChI=1S/C30H26N2O3S/c1-20-11-13-22(14-12-20)18-31-29(33)23-15-16-28-26(17-23)32(19-24-8-4-3-7-21(24)2)30(34)25-9-5-6-10-27(25)36(28)35/h3-17H,18-19H2,1-2H3,(H,31,33)/t36-/m0/s1. The number of carbonyl (C=O) groups excluding carboxylic acids is 2. The number of nitrogens with zero attached hydrogens (tertiary/aromatic N) is 1. The van der Waals surface area contributed by atoms with Crippen LogP contribution in [0.25, 0.3) is 0 Å². The van der Waals surface area contributed by atoms with E-state index in [4.69, 9.17) is 0 Å². The molecule has 5 nitrogen and oxygen atoms in total. The molecule has 4 aromatic carbocycles. The third kappa shape index (κ3) is 4.60. The zero-order valence-corrected chi connectivity index (χ0v) is 21.0. The van der Waals surface area contributed by atoms with Crippen LogP contribution < -0.4 is 10.2 Å². The lowest BCUT2D eigenvalue weighted by Crippen LogP contribution is -2.31. The largest absolute Gasteiger partial charge is 0.348 e. The molecule has 5 rings (SSSR count). The van der Waals surface area contributed by atoms with Crippen LogP contribution in [-0.2, 0) is 23.9 Å². The first-order valence-corrected chi connectivity index (χ1v) is 12.9. The average molecular weight is 495 g/mol. The van der Waals surface area contributed by atoms with E-state index in [-0.39, 0.29) is 11.8 Å². The van der Waals surface area contributed by atoms with Gasteiger partial charge in [0, 0.05) is 12.1 Å². The molecule has 1 aliphatic heterocycles. The van der Waals surface area contributed by atoms with Gasteiger partial charge in [0.1, 0.15) is 0 Å². The van der Waals surface area contributed by atoms with Crippen LogP contribution in [0, 0.1) is 13.8 Å². The van der Waals surface area contributed by atoms with Gasteiger partial charge in [-0.25, -0.2) is 4.21 Å². The van der Waals surface area contributed by atoms with Crippen molar-refractivity contribution in [1.82, 2.24) is 5.32 Å². The van der Waals surface area contributed by atoms with Crippen LogP contribution in [0.2, 0.25) is 0 Å². The number of amides is 2. The molecule has 0 bridgehead atoms. The fraction of sp³-hybridized carbons (Fsp3) is 0.133. The van der Waals surface area contributed by atoms with Gasteiger partial charge in [0.15, 0.2) is 0 Å². The van der Waals surface area contributed by atoms with Gasteiger partial charge in [-0.2, -0.15) is 0 Å². The number of nitrogens with one attached hydrogen (secondary N) is 1. The maximum absolute atomic E-state index is 13.8. The first kappa shape index (κ1) is 23.7. The van der Waals surface area contributed by atoms with Crippen LogP contribution in [0.4, 0.5) is 5.69 Å². The molecular weight excluding hydrogens is 468 g/mol. The molecule has 0 aliphatic carbocycles. The van der Waals surface area contributed by atoms with Crippen molar-refractivity contribution < 1.29 is 13.8 Å². The quantitative estimate of drug-likeness (QED) is 0.395. The molecule has 0 radical (unpaired) electrons. The van der Waals surface area contributed by atoms with E-state index in [1.54, 1.807) is 47.4 Å². The van der Waals surface area contributed by atoms with Gasteiger partial charge in [-0.3, -0.25) is 9.59 Å². The Hall–Kier alpha value is -4.03. The van der Waals surface area contributed by atoms with Crippen molar-refractivity contribution in [3.63, 3.8) is 0 Å². The molecule has 0 spiro atoms. The van der Waals surface area contributed by atoms with Gasteiger partial charge < -0.3 is 10.2 Å². The van der Waals surface area contributed by atoms with Crippen LogP contribution in [0.15, 0.2) is 101 Å². The molecule has 0 aromatic heterocycles. The maximum Gasteiger partial charge on any atom is 0.259 e. The van der Waals surface area contributed by atoms with E-state index >= 15 is 0 Å². The molecular formula is C30H26N2O3S. The van der Waals surface area contributed by atoms with Gasteiger partial charge >= 0.3 is 0 Å². The molecule has 2 amide bonds. The zero-order valence-electron chi connectivity index (χ0n) is 20.2. The van der Waals surface area contributed by atoms with Gasteiger partial charge in [0.25, 0.3) is 11.8 Å². The molecule has 4 aromatic rings. The Bertz CT molecular complexity index is 1490. The van der Waals surface area contributed by atoms with Crippen molar-refractivity contribution in [3.8, 4) is 0 Å². The van der Waals surface area contributed by atoms with E-state index in [2.05, 4.69) is 5.32 Å². The summed E-state index contributed by atoms with van der Waals surface area (Å²) in [4.78, 5) is 29.5. The Morgan fingerprint density at radius 1 is 0.861 bits per heavy atom. The Morgan fingerprint density at radius 3 is 2.36 bits per heavy atom. The van der Waals surface area contributed by atoms with E-state index < -0.39 is 10.8 Å². The smallest absolute Gasteiger partial charge is 0.259 e. The summed E-state index contributed by atoms with van der Waals surface area (Å²) >= 11 is 0. The zero-order chi connectivity index (χ0) is 25.2. The second-order valence-electron chi connectivity index (χ2n) is 8.93. The number of benzene rings is 4. The van der Waals surface area contributed by atoms with Crippen molar-refractivity contribution in [2.45, 2.75) is 36.7 Å². The number of aryl methyl sites for hydroxylation is 2. The van der Waals surface area contributed by atoms with Crippen molar-refractivity contribution in [2.75, 3.05) is 4.90 Å². The van der Waals surface area contributed by atoms with Crippen LogP contribution in [-0.4, -0.2) is 16.0 Å². The molecule has 1 N–H and O–H groups in total. The van der Waals surface area contributed by atoms with Crippen LogP contribution in [0.1, 0.15) is 43.0 Å². The Balaban J connectivity index is 1.54. The summed E-state index contributed by atoms with van der Waals surface area (Å²) < 4.78 is 13.6. The number of hydrogen-bond acceptors (Lipinski definition) is 3. The molecule has 180 valence electrons. The lowest BCUT2D eigenvalue weighted by atomic mass is 10.1. The molecule has 0 saturated heterocycles. The lowest BCUT2D eigenvalue weighted by molar-refractivity contribution is 0.0947. The highest BCUT2D eigenvalue weighted by Gasteiger charge is 2.31. The van der Waals surface area contributed by atoms with E-state index in [1.165, 1.54) is 0 Å². The second kappa shape index (κ2) is 9.91. The highest BCUT2D eigenvalue weighted by molar-refractivity contribution is 7.85. The highest BCUT2D eigenvalue weighted by Crippen LogP contribution is 2.36. The number of anilines is 1. The summed E-state index contributed by atoms with van der Waals surface area (Å²) in [5, 5.41) is 2.95. The molecule has 6 heteroatoms. The second-order valence-corrected chi connectivity index (χ2v) is 10.4. The van der Waals surface area contributed by atoms with Gasteiger partial charge in [-0.05, 0) is 60.9 Å².